The summed E-state index contributed by atoms with van der Waals surface area (Å²) >= 11 is 0. The maximum absolute atomic E-state index is 13.6. The van der Waals surface area contributed by atoms with E-state index in [2.05, 4.69) is 20.8 Å². The number of hydrogen-bond acceptors (Lipinski definition) is 5. The second-order valence-corrected chi connectivity index (χ2v) is 13.1. The third-order valence-corrected chi connectivity index (χ3v) is 8.99. The minimum absolute atomic E-state index is 0. The Morgan fingerprint density at radius 3 is 1.89 bits per heavy atom. The smallest absolute Gasteiger partial charge is 0.320 e. The normalized spacial score (nSPS) is 37.0. The van der Waals surface area contributed by atoms with Crippen molar-refractivity contribution in [3.8, 4) is 0 Å². The van der Waals surface area contributed by atoms with Crippen molar-refractivity contribution in [3.63, 3.8) is 0 Å². The van der Waals surface area contributed by atoms with Crippen molar-refractivity contribution in [2.75, 3.05) is 0 Å². The summed E-state index contributed by atoms with van der Waals surface area (Å²) in [7, 11) is 0. The number of rotatable bonds is 7. The van der Waals surface area contributed by atoms with Gasteiger partial charge in [0.25, 0.3) is 0 Å². The summed E-state index contributed by atoms with van der Waals surface area (Å²) < 4.78 is 11.3. The van der Waals surface area contributed by atoms with Crippen molar-refractivity contribution < 1.29 is 23.9 Å². The van der Waals surface area contributed by atoms with Gasteiger partial charge >= 0.3 is 17.9 Å². The van der Waals surface area contributed by atoms with Gasteiger partial charge in [-0.05, 0) is 94.3 Å². The molecule has 0 amide bonds. The van der Waals surface area contributed by atoms with E-state index in [4.69, 9.17) is 9.47 Å². The van der Waals surface area contributed by atoms with Gasteiger partial charge in [-0.25, -0.2) is 0 Å². The Bertz CT molecular complexity index is 785. The SMILES string of the molecule is C.C.C.C.C.C.CCC(C)(CC(C)CC1(C)CC(=O)OC1=O)C(=O)OC12CC3CC(C)(CC(C)(C3)C1)C2. The van der Waals surface area contributed by atoms with Crippen molar-refractivity contribution in [1.29, 1.82) is 0 Å². The van der Waals surface area contributed by atoms with Gasteiger partial charge in [0, 0.05) is 0 Å². The molecule has 0 spiro atoms. The summed E-state index contributed by atoms with van der Waals surface area (Å²) in [6, 6.07) is 0. The molecule has 1 aliphatic heterocycles. The molecule has 5 atom stereocenters. The van der Waals surface area contributed by atoms with Crippen molar-refractivity contribution >= 4 is 17.9 Å². The molecule has 37 heavy (non-hydrogen) atoms. The highest BCUT2D eigenvalue weighted by atomic mass is 16.6. The first-order chi connectivity index (χ1) is 14.2. The first kappa shape index (κ1) is 40.1. The van der Waals surface area contributed by atoms with E-state index in [9.17, 15) is 14.4 Å². The first-order valence-corrected chi connectivity index (χ1v) is 12.2. The van der Waals surface area contributed by atoms with E-state index in [1.165, 1.54) is 19.3 Å². The number of esters is 3. The van der Waals surface area contributed by atoms with Gasteiger partial charge in [-0.2, -0.15) is 0 Å². The molecule has 1 heterocycles. The van der Waals surface area contributed by atoms with E-state index in [1.54, 1.807) is 6.92 Å². The third-order valence-electron chi connectivity index (χ3n) is 8.99. The van der Waals surface area contributed by atoms with Crippen LogP contribution in [0.5, 0.6) is 0 Å². The first-order valence-electron chi connectivity index (χ1n) is 12.2. The fourth-order valence-electron chi connectivity index (χ4n) is 8.57. The standard InChI is InChI=1S/C26H40O5.6CH4/c1-7-24(5,8-17(2)9-25(6)13-19(27)30-20(25)28)21(29)31-26-12-18-10-22(3,15-26)14-23(4,11-18)16-26;;;;;;/h17-18H,7-16H2,1-6H3;6*1H4. The monoisotopic (exact) mass is 528 g/mol. The summed E-state index contributed by atoms with van der Waals surface area (Å²) in [6.07, 6.45) is 8.84. The van der Waals surface area contributed by atoms with Crippen molar-refractivity contribution in [2.24, 2.45) is 33.5 Å². The van der Waals surface area contributed by atoms with Crippen molar-refractivity contribution in [3.05, 3.63) is 0 Å². The summed E-state index contributed by atoms with van der Waals surface area (Å²) in [5.74, 6) is -0.170. The van der Waals surface area contributed by atoms with E-state index >= 15 is 0 Å². The van der Waals surface area contributed by atoms with Crippen LogP contribution >= 0.6 is 0 Å². The van der Waals surface area contributed by atoms with Gasteiger partial charge in [0.1, 0.15) is 5.60 Å². The van der Waals surface area contributed by atoms with Crippen molar-refractivity contribution in [2.45, 2.75) is 156 Å². The Morgan fingerprint density at radius 1 is 0.973 bits per heavy atom. The predicted molar refractivity (Wildman–Crippen MR) is 157 cm³/mol. The fraction of sp³-hybridized carbons (Fsp3) is 0.906. The summed E-state index contributed by atoms with van der Waals surface area (Å²) in [4.78, 5) is 37.3. The van der Waals surface area contributed by atoms with Gasteiger partial charge < -0.3 is 9.47 Å². The summed E-state index contributed by atoms with van der Waals surface area (Å²) in [6.45, 7) is 12.7. The number of ether oxygens (including phenoxy) is 2. The molecule has 0 radical (unpaired) electrons. The zero-order valence-electron chi connectivity index (χ0n) is 20.3. The lowest BCUT2D eigenvalue weighted by atomic mass is 9.43. The predicted octanol–water partition coefficient (Wildman–Crippen LogP) is 9.41. The van der Waals surface area contributed by atoms with Crippen LogP contribution in [-0.2, 0) is 23.9 Å². The molecule has 4 saturated carbocycles. The average molecular weight is 529 g/mol. The molecule has 5 rings (SSSR count). The third kappa shape index (κ3) is 7.38. The minimum Gasteiger partial charge on any atom is -0.459 e. The van der Waals surface area contributed by atoms with Gasteiger partial charge in [-0.1, -0.05) is 72.3 Å². The topological polar surface area (TPSA) is 69.7 Å². The van der Waals surface area contributed by atoms with Gasteiger partial charge in [-0.3, -0.25) is 14.4 Å². The van der Waals surface area contributed by atoms with E-state index in [-0.39, 0.29) is 68.5 Å². The van der Waals surface area contributed by atoms with Gasteiger partial charge in [0.05, 0.1) is 17.3 Å². The Labute approximate surface area is 231 Å². The van der Waals surface area contributed by atoms with Crippen LogP contribution in [0.3, 0.4) is 0 Å². The molecule has 5 aliphatic rings. The van der Waals surface area contributed by atoms with Crippen molar-refractivity contribution in [1.82, 2.24) is 0 Å². The van der Waals surface area contributed by atoms with Crippen LogP contribution in [0, 0.1) is 33.5 Å². The second kappa shape index (κ2) is 12.6. The molecule has 1 saturated heterocycles. The quantitative estimate of drug-likeness (QED) is 0.243. The Hall–Kier alpha value is -1.39. The van der Waals surface area contributed by atoms with Gasteiger partial charge in [-0.15, -0.1) is 0 Å². The molecule has 5 heteroatoms. The average Bonchev–Trinajstić information content (AvgIpc) is 2.82. The highest BCUT2D eigenvalue weighted by molar-refractivity contribution is 5.97. The van der Waals surface area contributed by atoms with Crippen LogP contribution in [0.2, 0.25) is 0 Å². The molecule has 0 aromatic heterocycles. The van der Waals surface area contributed by atoms with E-state index in [0.29, 0.717) is 36.0 Å². The molecule has 4 aliphatic carbocycles. The summed E-state index contributed by atoms with van der Waals surface area (Å²) in [5.41, 5.74) is -1.07. The van der Waals surface area contributed by atoms with E-state index in [0.717, 1.165) is 19.3 Å². The molecule has 4 bridgehead atoms. The molecule has 222 valence electrons. The number of cyclic esters (lactones) is 2. The van der Waals surface area contributed by atoms with Crippen LogP contribution in [0.4, 0.5) is 0 Å². The molecule has 0 aromatic carbocycles. The lowest BCUT2D eigenvalue weighted by Gasteiger charge is -2.64. The van der Waals surface area contributed by atoms with Crippen LogP contribution in [0.25, 0.3) is 0 Å². The largest absolute Gasteiger partial charge is 0.459 e. The molecule has 5 fully saturated rings. The Kier molecular flexibility index (Phi) is 13.7. The number of carbonyl (C=O) groups excluding carboxylic acids is 3. The Morgan fingerprint density at radius 2 is 1.49 bits per heavy atom. The zero-order chi connectivity index (χ0) is 22.9. The van der Waals surface area contributed by atoms with Crippen LogP contribution in [0.1, 0.15) is 150 Å². The highest BCUT2D eigenvalue weighted by Crippen LogP contribution is 2.67. The van der Waals surface area contributed by atoms with E-state index in [1.807, 2.05) is 13.8 Å². The van der Waals surface area contributed by atoms with Crippen LogP contribution in [-0.4, -0.2) is 23.5 Å². The molecule has 0 N–H and O–H groups in total. The van der Waals surface area contributed by atoms with Crippen LogP contribution < -0.4 is 0 Å². The molecular weight excluding hydrogens is 464 g/mol. The van der Waals surface area contributed by atoms with Crippen LogP contribution in [0.15, 0.2) is 0 Å². The Balaban J connectivity index is -0.00000193. The fourth-order valence-corrected chi connectivity index (χ4v) is 8.57. The molecule has 0 aromatic rings. The molecular formula is C32H64O5. The molecule has 5 unspecified atom stereocenters. The highest BCUT2D eigenvalue weighted by Gasteiger charge is 2.62. The number of hydrogen-bond donors (Lipinski definition) is 0. The maximum Gasteiger partial charge on any atom is 0.320 e. The lowest BCUT2D eigenvalue weighted by Crippen LogP contribution is -2.60. The second-order valence-electron chi connectivity index (χ2n) is 13.1. The van der Waals surface area contributed by atoms with Gasteiger partial charge in [0.15, 0.2) is 0 Å². The molecule has 5 nitrogen and oxygen atoms in total. The van der Waals surface area contributed by atoms with E-state index < -0.39 is 22.8 Å². The zero-order valence-corrected chi connectivity index (χ0v) is 20.3. The summed E-state index contributed by atoms with van der Waals surface area (Å²) in [5, 5.41) is 0. The van der Waals surface area contributed by atoms with Gasteiger partial charge in [0.2, 0.25) is 0 Å². The maximum atomic E-state index is 13.6. The minimum atomic E-state index is -0.780. The number of carbonyl (C=O) groups is 3. The lowest BCUT2D eigenvalue weighted by molar-refractivity contribution is -0.223.